The van der Waals surface area contributed by atoms with Gasteiger partial charge in [0.05, 0.1) is 13.2 Å². The molecule has 0 aliphatic rings. The lowest BCUT2D eigenvalue weighted by molar-refractivity contribution is 0.0855. The Morgan fingerprint density at radius 1 is 1.47 bits per heavy atom. The fraction of sp³-hybridized carbons (Fsp3) is 0.600. The van der Waals surface area contributed by atoms with E-state index in [0.717, 1.165) is 12.4 Å². The van der Waals surface area contributed by atoms with Crippen LogP contribution in [-0.4, -0.2) is 36.3 Å². The summed E-state index contributed by atoms with van der Waals surface area (Å²) in [6.07, 6.45) is 1.63. The summed E-state index contributed by atoms with van der Waals surface area (Å²) < 4.78 is 10.4. The summed E-state index contributed by atoms with van der Waals surface area (Å²) in [5, 5.41) is 3.15. The van der Waals surface area contributed by atoms with Crippen LogP contribution in [0.1, 0.15) is 13.8 Å². The molecule has 0 aliphatic heterocycles. The summed E-state index contributed by atoms with van der Waals surface area (Å²) in [7, 11) is 1.58. The quantitative estimate of drug-likeness (QED) is 0.769. The molecule has 1 aromatic rings. The fourth-order valence-electron chi connectivity index (χ4n) is 1.14. The van der Waals surface area contributed by atoms with Crippen molar-refractivity contribution in [2.24, 2.45) is 0 Å². The lowest BCUT2D eigenvalue weighted by Gasteiger charge is -2.12. The van der Waals surface area contributed by atoms with Crippen LogP contribution in [0.5, 0.6) is 5.88 Å². The highest BCUT2D eigenvalue weighted by atomic mass is 16.5. The van der Waals surface area contributed by atoms with Crippen LogP contribution in [0.25, 0.3) is 0 Å². The molecule has 1 rings (SSSR count). The van der Waals surface area contributed by atoms with E-state index in [0.29, 0.717) is 12.4 Å². The Bertz CT molecular complexity index is 294. The summed E-state index contributed by atoms with van der Waals surface area (Å²) in [5.74, 6) is 1.30. The van der Waals surface area contributed by atoms with Gasteiger partial charge >= 0.3 is 0 Å². The Kier molecular flexibility index (Phi) is 4.83. The van der Waals surface area contributed by atoms with Crippen molar-refractivity contribution in [2.75, 3.05) is 25.6 Å². The number of nitrogens with one attached hydrogen (secondary N) is 1. The maximum Gasteiger partial charge on any atom is 0.218 e. The van der Waals surface area contributed by atoms with E-state index in [9.17, 15) is 0 Å². The number of methoxy groups -OCH3 is 1. The standard InChI is InChI=1S/C10H17N3O2/c1-4-15-8(2)6-11-9-5-10(14-3)13-7-12-9/h5,7-8H,4,6H2,1-3H3,(H,11,12,13). The van der Waals surface area contributed by atoms with Crippen molar-refractivity contribution in [3.05, 3.63) is 12.4 Å². The van der Waals surface area contributed by atoms with E-state index in [2.05, 4.69) is 15.3 Å². The minimum absolute atomic E-state index is 0.163. The first-order chi connectivity index (χ1) is 7.26. The Morgan fingerprint density at radius 2 is 2.27 bits per heavy atom. The molecule has 0 aliphatic carbocycles. The second-order valence-electron chi connectivity index (χ2n) is 3.09. The van der Waals surface area contributed by atoms with Crippen LogP contribution in [0, 0.1) is 0 Å². The number of nitrogens with zero attached hydrogens (tertiary/aromatic N) is 2. The first-order valence-corrected chi connectivity index (χ1v) is 4.97. The van der Waals surface area contributed by atoms with Gasteiger partial charge in [0.15, 0.2) is 0 Å². The molecule has 0 saturated heterocycles. The lowest BCUT2D eigenvalue weighted by atomic mass is 10.4. The molecule has 1 unspecified atom stereocenters. The van der Waals surface area contributed by atoms with E-state index in [1.165, 1.54) is 6.33 Å². The largest absolute Gasteiger partial charge is 0.481 e. The number of hydrogen-bond donors (Lipinski definition) is 1. The van der Waals surface area contributed by atoms with Crippen LogP contribution in [0.4, 0.5) is 5.82 Å². The van der Waals surface area contributed by atoms with Crippen molar-refractivity contribution >= 4 is 5.82 Å². The van der Waals surface area contributed by atoms with Crippen LogP contribution in [0.3, 0.4) is 0 Å². The Balaban J connectivity index is 2.43. The molecular weight excluding hydrogens is 194 g/mol. The van der Waals surface area contributed by atoms with Gasteiger partial charge < -0.3 is 14.8 Å². The molecule has 0 amide bonds. The molecule has 0 spiro atoms. The molecule has 0 radical (unpaired) electrons. The van der Waals surface area contributed by atoms with Crippen molar-refractivity contribution in [1.29, 1.82) is 0 Å². The molecule has 1 aromatic heterocycles. The van der Waals surface area contributed by atoms with Crippen molar-refractivity contribution < 1.29 is 9.47 Å². The van der Waals surface area contributed by atoms with E-state index in [-0.39, 0.29) is 6.10 Å². The zero-order valence-electron chi connectivity index (χ0n) is 9.36. The van der Waals surface area contributed by atoms with Crippen LogP contribution < -0.4 is 10.1 Å². The average molecular weight is 211 g/mol. The van der Waals surface area contributed by atoms with Crippen molar-refractivity contribution in [3.8, 4) is 5.88 Å². The minimum atomic E-state index is 0.163. The minimum Gasteiger partial charge on any atom is -0.481 e. The highest BCUT2D eigenvalue weighted by Gasteiger charge is 2.02. The second kappa shape index (κ2) is 6.19. The molecule has 0 bridgehead atoms. The Labute approximate surface area is 89.8 Å². The zero-order chi connectivity index (χ0) is 11.1. The molecule has 15 heavy (non-hydrogen) atoms. The van der Waals surface area contributed by atoms with Gasteiger partial charge in [0, 0.05) is 19.2 Å². The number of anilines is 1. The summed E-state index contributed by atoms with van der Waals surface area (Å²) in [6, 6.07) is 1.75. The normalized spacial score (nSPS) is 12.2. The van der Waals surface area contributed by atoms with Gasteiger partial charge in [0.25, 0.3) is 0 Å². The number of hydrogen-bond acceptors (Lipinski definition) is 5. The highest BCUT2D eigenvalue weighted by molar-refractivity contribution is 5.36. The molecule has 5 nitrogen and oxygen atoms in total. The van der Waals surface area contributed by atoms with Crippen molar-refractivity contribution in [2.45, 2.75) is 20.0 Å². The van der Waals surface area contributed by atoms with Gasteiger partial charge in [-0.2, -0.15) is 0 Å². The third-order valence-electron chi connectivity index (χ3n) is 1.87. The molecule has 0 fully saturated rings. The molecule has 0 aromatic carbocycles. The predicted molar refractivity (Wildman–Crippen MR) is 58.2 cm³/mol. The predicted octanol–water partition coefficient (Wildman–Crippen LogP) is 1.32. The fourth-order valence-corrected chi connectivity index (χ4v) is 1.14. The van der Waals surface area contributed by atoms with Gasteiger partial charge in [0.2, 0.25) is 5.88 Å². The summed E-state index contributed by atoms with van der Waals surface area (Å²) >= 11 is 0. The highest BCUT2D eigenvalue weighted by Crippen LogP contribution is 2.09. The molecular formula is C10H17N3O2. The van der Waals surface area contributed by atoms with E-state index >= 15 is 0 Å². The molecule has 1 N–H and O–H groups in total. The van der Waals surface area contributed by atoms with Gasteiger partial charge in [-0.1, -0.05) is 0 Å². The van der Waals surface area contributed by atoms with Gasteiger partial charge in [0.1, 0.15) is 12.1 Å². The second-order valence-corrected chi connectivity index (χ2v) is 3.09. The van der Waals surface area contributed by atoms with E-state index in [1.807, 2.05) is 13.8 Å². The molecule has 0 saturated carbocycles. The first kappa shape index (κ1) is 11.7. The van der Waals surface area contributed by atoms with E-state index in [1.54, 1.807) is 13.2 Å². The number of ether oxygens (including phenoxy) is 2. The van der Waals surface area contributed by atoms with E-state index in [4.69, 9.17) is 9.47 Å². The smallest absolute Gasteiger partial charge is 0.218 e. The Hall–Kier alpha value is -1.36. The van der Waals surface area contributed by atoms with Crippen LogP contribution in [0.15, 0.2) is 12.4 Å². The maximum absolute atomic E-state index is 5.38. The summed E-state index contributed by atoms with van der Waals surface area (Å²) in [6.45, 7) is 5.42. The van der Waals surface area contributed by atoms with Gasteiger partial charge in [-0.3, -0.25) is 0 Å². The number of rotatable bonds is 6. The zero-order valence-corrected chi connectivity index (χ0v) is 9.36. The third kappa shape index (κ3) is 4.12. The van der Waals surface area contributed by atoms with Gasteiger partial charge in [-0.05, 0) is 13.8 Å². The van der Waals surface area contributed by atoms with Crippen LogP contribution in [-0.2, 0) is 4.74 Å². The lowest BCUT2D eigenvalue weighted by Crippen LogP contribution is -2.20. The molecule has 5 heteroatoms. The maximum atomic E-state index is 5.38. The summed E-state index contributed by atoms with van der Waals surface area (Å²) in [5.41, 5.74) is 0. The molecule has 1 atom stereocenters. The van der Waals surface area contributed by atoms with Crippen LogP contribution >= 0.6 is 0 Å². The van der Waals surface area contributed by atoms with Gasteiger partial charge in [-0.25, -0.2) is 9.97 Å². The van der Waals surface area contributed by atoms with Gasteiger partial charge in [-0.15, -0.1) is 0 Å². The van der Waals surface area contributed by atoms with Crippen LogP contribution in [0.2, 0.25) is 0 Å². The first-order valence-electron chi connectivity index (χ1n) is 4.97. The monoisotopic (exact) mass is 211 g/mol. The van der Waals surface area contributed by atoms with Crippen molar-refractivity contribution in [3.63, 3.8) is 0 Å². The van der Waals surface area contributed by atoms with E-state index < -0.39 is 0 Å². The SMILES string of the molecule is CCOC(C)CNc1cc(OC)ncn1. The Morgan fingerprint density at radius 3 is 2.93 bits per heavy atom. The third-order valence-corrected chi connectivity index (χ3v) is 1.87. The average Bonchev–Trinajstić information content (AvgIpc) is 2.27. The summed E-state index contributed by atoms with van der Waals surface area (Å²) in [4.78, 5) is 7.98. The number of aromatic nitrogens is 2. The van der Waals surface area contributed by atoms with Crippen molar-refractivity contribution in [1.82, 2.24) is 9.97 Å². The topological polar surface area (TPSA) is 56.3 Å². The molecule has 1 heterocycles. The molecule has 84 valence electrons.